The molecule has 2 aliphatic rings. The van der Waals surface area contributed by atoms with E-state index in [1.54, 1.807) is 0 Å². The van der Waals surface area contributed by atoms with E-state index in [1.807, 2.05) is 30.0 Å². The largest absolute Gasteiger partial charge is 0.359 e. The zero-order valence-electron chi connectivity index (χ0n) is 15.0. The third-order valence-electron chi connectivity index (χ3n) is 5.23. The minimum atomic E-state index is 0.110. The summed E-state index contributed by atoms with van der Waals surface area (Å²) in [6.45, 7) is 6.98. The van der Waals surface area contributed by atoms with Gasteiger partial charge in [0, 0.05) is 17.0 Å². The van der Waals surface area contributed by atoms with Crippen molar-refractivity contribution < 1.29 is 4.79 Å². The number of likely N-dealkylation sites (tertiary alicyclic amines) is 1. The molecule has 2 aromatic rings. The number of amides is 1. The predicted octanol–water partition coefficient (Wildman–Crippen LogP) is 3.96. The summed E-state index contributed by atoms with van der Waals surface area (Å²) in [7, 11) is 0. The van der Waals surface area contributed by atoms with Gasteiger partial charge < -0.3 is 4.98 Å². The van der Waals surface area contributed by atoms with Crippen LogP contribution in [0, 0.1) is 13.8 Å². The van der Waals surface area contributed by atoms with Gasteiger partial charge in [0.2, 0.25) is 0 Å². The van der Waals surface area contributed by atoms with E-state index < -0.39 is 0 Å². The molecule has 4 rings (SSSR count). The van der Waals surface area contributed by atoms with Crippen molar-refractivity contribution in [2.24, 2.45) is 0 Å². The third kappa shape index (κ3) is 3.02. The molecule has 0 saturated carbocycles. The van der Waals surface area contributed by atoms with Gasteiger partial charge in [-0.25, -0.2) is 0 Å². The molecule has 0 bridgehead atoms. The Morgan fingerprint density at radius 3 is 2.60 bits per heavy atom. The van der Waals surface area contributed by atoms with Gasteiger partial charge in [-0.3, -0.25) is 14.6 Å². The van der Waals surface area contributed by atoms with E-state index in [9.17, 15) is 4.79 Å². The van der Waals surface area contributed by atoms with Crippen molar-refractivity contribution >= 4 is 23.2 Å². The predicted molar refractivity (Wildman–Crippen MR) is 102 cm³/mol. The number of carbonyl (C=O) groups is 1. The van der Waals surface area contributed by atoms with Gasteiger partial charge in [0.15, 0.2) is 0 Å². The van der Waals surface area contributed by atoms with E-state index in [1.165, 1.54) is 24.8 Å². The molecule has 1 aromatic carbocycles. The van der Waals surface area contributed by atoms with Gasteiger partial charge in [-0.15, -0.1) is 0 Å². The maximum atomic E-state index is 13.2. The fraction of sp³-hybridized carbons (Fsp3) is 0.381. The average molecular weight is 335 g/mol. The van der Waals surface area contributed by atoms with Crippen LogP contribution in [0.15, 0.2) is 30.3 Å². The van der Waals surface area contributed by atoms with Gasteiger partial charge in [0.25, 0.3) is 5.91 Å². The number of H-pyrrole nitrogens is 1. The molecule has 0 aliphatic carbocycles. The number of aromatic amines is 1. The Hall–Kier alpha value is -2.33. The zero-order valence-corrected chi connectivity index (χ0v) is 15.0. The van der Waals surface area contributed by atoms with Crippen LogP contribution in [0.25, 0.3) is 11.6 Å². The van der Waals surface area contributed by atoms with Crippen molar-refractivity contribution in [2.75, 3.05) is 24.7 Å². The van der Waals surface area contributed by atoms with Crippen LogP contribution in [0.4, 0.5) is 5.69 Å². The Kier molecular flexibility index (Phi) is 4.22. The first-order valence-corrected chi connectivity index (χ1v) is 9.15. The fourth-order valence-electron chi connectivity index (χ4n) is 3.93. The van der Waals surface area contributed by atoms with Crippen molar-refractivity contribution in [2.45, 2.75) is 33.1 Å². The van der Waals surface area contributed by atoms with Gasteiger partial charge in [0.05, 0.1) is 17.9 Å². The van der Waals surface area contributed by atoms with Crippen LogP contribution in [0.5, 0.6) is 0 Å². The Morgan fingerprint density at radius 1 is 1.12 bits per heavy atom. The SMILES string of the molecule is Cc1cc(C)c(/C=C2\C(=O)N(CN3CCCCC3)c3ccccc32)[nH]1. The molecule has 4 heteroatoms. The summed E-state index contributed by atoms with van der Waals surface area (Å²) in [5, 5.41) is 0. The summed E-state index contributed by atoms with van der Waals surface area (Å²) in [5.74, 6) is 0.110. The molecule has 1 amide bonds. The second-order valence-corrected chi connectivity index (χ2v) is 7.18. The molecule has 1 aromatic heterocycles. The number of nitrogens with one attached hydrogen (secondary N) is 1. The minimum absolute atomic E-state index is 0.110. The van der Waals surface area contributed by atoms with E-state index >= 15 is 0 Å². The number of piperidine rings is 1. The zero-order chi connectivity index (χ0) is 17.4. The number of para-hydroxylation sites is 1. The van der Waals surface area contributed by atoms with Crippen molar-refractivity contribution in [3.63, 3.8) is 0 Å². The number of aromatic nitrogens is 1. The fourth-order valence-corrected chi connectivity index (χ4v) is 3.93. The maximum Gasteiger partial charge on any atom is 0.260 e. The molecule has 0 spiro atoms. The second kappa shape index (κ2) is 6.52. The summed E-state index contributed by atoms with van der Waals surface area (Å²) >= 11 is 0. The van der Waals surface area contributed by atoms with E-state index in [0.29, 0.717) is 6.67 Å². The van der Waals surface area contributed by atoms with Crippen LogP contribution >= 0.6 is 0 Å². The van der Waals surface area contributed by atoms with Crippen LogP contribution in [0.2, 0.25) is 0 Å². The van der Waals surface area contributed by atoms with Gasteiger partial charge in [0.1, 0.15) is 0 Å². The lowest BCUT2D eigenvalue weighted by molar-refractivity contribution is -0.113. The standard InChI is InChI=1S/C21H25N3O/c1-15-12-16(2)22-19(15)13-18-17-8-4-5-9-20(17)24(21(18)25)14-23-10-6-3-7-11-23/h4-5,8-9,12-13,22H,3,6-7,10-11,14H2,1-2H3/b18-13-. The van der Waals surface area contributed by atoms with E-state index in [0.717, 1.165) is 41.3 Å². The number of rotatable bonds is 3. The molecule has 3 heterocycles. The van der Waals surface area contributed by atoms with E-state index in [2.05, 4.69) is 35.0 Å². The minimum Gasteiger partial charge on any atom is -0.359 e. The Labute approximate surface area is 149 Å². The molecular weight excluding hydrogens is 310 g/mol. The molecule has 2 aliphatic heterocycles. The lowest BCUT2D eigenvalue weighted by atomic mass is 10.1. The highest BCUT2D eigenvalue weighted by molar-refractivity contribution is 6.35. The van der Waals surface area contributed by atoms with Crippen molar-refractivity contribution in [3.05, 3.63) is 52.8 Å². The molecule has 4 nitrogen and oxygen atoms in total. The van der Waals surface area contributed by atoms with Gasteiger partial charge >= 0.3 is 0 Å². The van der Waals surface area contributed by atoms with Gasteiger partial charge in [-0.05, 0) is 63.6 Å². The first kappa shape index (κ1) is 16.2. The van der Waals surface area contributed by atoms with Crippen LogP contribution < -0.4 is 4.90 Å². The molecule has 1 fully saturated rings. The van der Waals surface area contributed by atoms with Crippen molar-refractivity contribution in [3.8, 4) is 0 Å². The van der Waals surface area contributed by atoms with Gasteiger partial charge in [-0.2, -0.15) is 0 Å². The van der Waals surface area contributed by atoms with Crippen LogP contribution in [-0.2, 0) is 4.79 Å². The summed E-state index contributed by atoms with van der Waals surface area (Å²) in [4.78, 5) is 20.9. The normalized spacial score (nSPS) is 19.7. The topological polar surface area (TPSA) is 39.3 Å². The number of nitrogens with zero attached hydrogens (tertiary/aromatic N) is 2. The number of aryl methyl sites for hydroxylation is 2. The maximum absolute atomic E-state index is 13.2. The van der Waals surface area contributed by atoms with Crippen LogP contribution in [0.1, 0.15) is 41.8 Å². The second-order valence-electron chi connectivity index (χ2n) is 7.18. The molecule has 1 N–H and O–H groups in total. The molecule has 0 radical (unpaired) electrons. The lowest BCUT2D eigenvalue weighted by Gasteiger charge is -2.30. The Bertz CT molecular complexity index is 827. The summed E-state index contributed by atoms with van der Waals surface area (Å²) in [5.41, 5.74) is 6.17. The molecular formula is C21H25N3O. The molecule has 0 atom stereocenters. The Morgan fingerprint density at radius 2 is 1.88 bits per heavy atom. The molecule has 0 unspecified atom stereocenters. The Balaban J connectivity index is 1.69. The molecule has 1 saturated heterocycles. The number of hydrogen-bond donors (Lipinski definition) is 1. The highest BCUT2D eigenvalue weighted by atomic mass is 16.2. The summed E-state index contributed by atoms with van der Waals surface area (Å²) in [6.07, 6.45) is 5.78. The number of carbonyl (C=O) groups excluding carboxylic acids is 1. The van der Waals surface area contributed by atoms with E-state index in [-0.39, 0.29) is 5.91 Å². The smallest absolute Gasteiger partial charge is 0.260 e. The average Bonchev–Trinajstić information content (AvgIpc) is 3.07. The first-order valence-electron chi connectivity index (χ1n) is 9.15. The third-order valence-corrected chi connectivity index (χ3v) is 5.23. The van der Waals surface area contributed by atoms with Gasteiger partial charge in [-0.1, -0.05) is 24.6 Å². The van der Waals surface area contributed by atoms with Crippen molar-refractivity contribution in [1.29, 1.82) is 0 Å². The number of fused-ring (bicyclic) bond motifs is 1. The number of anilines is 1. The van der Waals surface area contributed by atoms with E-state index in [4.69, 9.17) is 0 Å². The summed E-state index contributed by atoms with van der Waals surface area (Å²) in [6, 6.07) is 10.3. The summed E-state index contributed by atoms with van der Waals surface area (Å²) < 4.78 is 0. The highest BCUT2D eigenvalue weighted by Crippen LogP contribution is 2.38. The van der Waals surface area contributed by atoms with Crippen LogP contribution in [0.3, 0.4) is 0 Å². The first-order chi connectivity index (χ1) is 12.1. The highest BCUT2D eigenvalue weighted by Gasteiger charge is 2.33. The monoisotopic (exact) mass is 335 g/mol. The lowest BCUT2D eigenvalue weighted by Crippen LogP contribution is -2.42. The number of benzene rings is 1. The van der Waals surface area contributed by atoms with Crippen molar-refractivity contribution in [1.82, 2.24) is 9.88 Å². The molecule has 25 heavy (non-hydrogen) atoms. The molecule has 130 valence electrons. The number of hydrogen-bond acceptors (Lipinski definition) is 2. The quantitative estimate of drug-likeness (QED) is 0.862. The van der Waals surface area contributed by atoms with Crippen LogP contribution in [-0.4, -0.2) is 35.5 Å².